The lowest BCUT2D eigenvalue weighted by atomic mass is 10.0. The maximum atomic E-state index is 12.5. The molecule has 2 atom stereocenters. The largest absolute Gasteiger partial charge is 0.342 e. The summed E-state index contributed by atoms with van der Waals surface area (Å²) < 4.78 is 0. The minimum Gasteiger partial charge on any atom is -0.342 e. The molecule has 1 amide bonds. The third-order valence-electron chi connectivity index (χ3n) is 5.38. The number of carbonyl (C=O) groups excluding carboxylic acids is 1. The molecule has 25 heavy (non-hydrogen) atoms. The highest BCUT2D eigenvalue weighted by molar-refractivity contribution is 5.76. The van der Waals surface area contributed by atoms with E-state index in [1.54, 1.807) is 6.20 Å². The smallest absolute Gasteiger partial charge is 0.222 e. The van der Waals surface area contributed by atoms with Gasteiger partial charge in [0.25, 0.3) is 0 Å². The van der Waals surface area contributed by atoms with Gasteiger partial charge in [0.1, 0.15) is 0 Å². The summed E-state index contributed by atoms with van der Waals surface area (Å²) in [7, 11) is 0. The Morgan fingerprint density at radius 2 is 1.88 bits per heavy atom. The number of fused-ring (bicyclic) bond motifs is 1. The van der Waals surface area contributed by atoms with Crippen LogP contribution in [0.15, 0.2) is 48.9 Å². The molecule has 0 radical (unpaired) electrons. The minimum atomic E-state index is 0.287. The zero-order valence-corrected chi connectivity index (χ0v) is 14.4. The Balaban J connectivity index is 1.25. The molecule has 130 valence electrons. The molecule has 5 nitrogen and oxygen atoms in total. The topological polar surface area (TPSA) is 49.3 Å². The maximum absolute atomic E-state index is 12.5. The molecule has 0 spiro atoms. The van der Waals surface area contributed by atoms with Gasteiger partial charge in [0.15, 0.2) is 0 Å². The maximum Gasteiger partial charge on any atom is 0.222 e. The Morgan fingerprint density at radius 3 is 2.56 bits per heavy atom. The number of rotatable bonds is 5. The molecule has 2 aromatic rings. The Kier molecular flexibility index (Phi) is 4.74. The Morgan fingerprint density at radius 1 is 1.04 bits per heavy atom. The molecule has 0 N–H and O–H groups in total. The van der Waals surface area contributed by atoms with Crippen molar-refractivity contribution in [3.05, 3.63) is 60.2 Å². The fourth-order valence-corrected chi connectivity index (χ4v) is 4.10. The van der Waals surface area contributed by atoms with Crippen molar-refractivity contribution in [2.45, 2.75) is 19.4 Å². The summed E-state index contributed by atoms with van der Waals surface area (Å²) in [4.78, 5) is 25.6. The second kappa shape index (κ2) is 7.31. The molecule has 4 rings (SSSR count). The number of aryl methyl sites for hydroxylation is 1. The van der Waals surface area contributed by atoms with Gasteiger partial charge in [0.2, 0.25) is 5.91 Å². The lowest BCUT2D eigenvalue weighted by Gasteiger charge is -2.21. The number of pyridine rings is 2. The van der Waals surface area contributed by atoms with Gasteiger partial charge < -0.3 is 4.90 Å². The van der Waals surface area contributed by atoms with Crippen molar-refractivity contribution in [3.8, 4) is 0 Å². The third kappa shape index (κ3) is 3.87. The summed E-state index contributed by atoms with van der Waals surface area (Å²) in [6.07, 6.45) is 6.84. The minimum absolute atomic E-state index is 0.287. The van der Waals surface area contributed by atoms with Gasteiger partial charge in [-0.3, -0.25) is 19.7 Å². The van der Waals surface area contributed by atoms with Gasteiger partial charge in [0.05, 0.1) is 5.69 Å². The van der Waals surface area contributed by atoms with E-state index in [4.69, 9.17) is 0 Å². The number of carbonyl (C=O) groups is 1. The molecule has 5 heteroatoms. The zero-order valence-electron chi connectivity index (χ0n) is 14.4. The van der Waals surface area contributed by atoms with Crippen LogP contribution in [0.1, 0.15) is 17.7 Å². The van der Waals surface area contributed by atoms with Crippen LogP contribution in [0, 0.1) is 11.8 Å². The van der Waals surface area contributed by atoms with E-state index in [0.717, 1.165) is 50.4 Å². The molecule has 2 saturated heterocycles. The quantitative estimate of drug-likeness (QED) is 0.838. The van der Waals surface area contributed by atoms with Crippen LogP contribution in [0.4, 0.5) is 0 Å². The van der Waals surface area contributed by atoms with Crippen LogP contribution in [0.3, 0.4) is 0 Å². The van der Waals surface area contributed by atoms with Crippen molar-refractivity contribution in [1.82, 2.24) is 19.8 Å². The fourth-order valence-electron chi connectivity index (χ4n) is 4.10. The first-order chi connectivity index (χ1) is 12.3. The van der Waals surface area contributed by atoms with E-state index in [2.05, 4.69) is 25.8 Å². The highest BCUT2D eigenvalue weighted by Crippen LogP contribution is 2.32. The van der Waals surface area contributed by atoms with Gasteiger partial charge >= 0.3 is 0 Å². The van der Waals surface area contributed by atoms with Gasteiger partial charge in [-0.15, -0.1) is 0 Å². The molecular formula is C20H24N4O. The Bertz CT molecular complexity index is 692. The first-order valence-corrected chi connectivity index (χ1v) is 9.07. The van der Waals surface area contributed by atoms with Gasteiger partial charge in [-0.05, 0) is 42.0 Å². The normalized spacial score (nSPS) is 23.0. The Labute approximate surface area is 148 Å². The second-order valence-corrected chi connectivity index (χ2v) is 7.20. The predicted molar refractivity (Wildman–Crippen MR) is 95.6 cm³/mol. The summed E-state index contributed by atoms with van der Waals surface area (Å²) in [5.41, 5.74) is 2.27. The Hall–Kier alpha value is -2.27. The number of aromatic nitrogens is 2. The average Bonchev–Trinajstić information content (AvgIpc) is 3.20. The number of hydrogen-bond donors (Lipinski definition) is 0. The molecular weight excluding hydrogens is 312 g/mol. The van der Waals surface area contributed by atoms with E-state index in [1.165, 1.54) is 0 Å². The molecule has 4 heterocycles. The van der Waals surface area contributed by atoms with Gasteiger partial charge in [-0.2, -0.15) is 0 Å². The van der Waals surface area contributed by atoms with E-state index in [9.17, 15) is 4.79 Å². The average molecular weight is 336 g/mol. The molecule has 2 fully saturated rings. The molecule has 0 saturated carbocycles. The summed E-state index contributed by atoms with van der Waals surface area (Å²) in [6, 6.07) is 10.0. The third-order valence-corrected chi connectivity index (χ3v) is 5.38. The molecule has 2 aromatic heterocycles. The van der Waals surface area contributed by atoms with Crippen molar-refractivity contribution in [2.75, 3.05) is 26.2 Å². The second-order valence-electron chi connectivity index (χ2n) is 7.20. The first kappa shape index (κ1) is 16.2. The molecule has 0 aromatic carbocycles. The summed E-state index contributed by atoms with van der Waals surface area (Å²) >= 11 is 0. The van der Waals surface area contributed by atoms with Crippen LogP contribution < -0.4 is 0 Å². The van der Waals surface area contributed by atoms with Gasteiger partial charge in [-0.25, -0.2) is 0 Å². The van der Waals surface area contributed by atoms with E-state index in [0.29, 0.717) is 18.3 Å². The fraction of sp³-hybridized carbons (Fsp3) is 0.450. The monoisotopic (exact) mass is 336 g/mol. The van der Waals surface area contributed by atoms with Crippen molar-refractivity contribution < 1.29 is 4.79 Å². The lowest BCUT2D eigenvalue weighted by Crippen LogP contribution is -2.33. The SMILES string of the molecule is O=C(CCc1cccnc1)N1CC2CN(Cc3ccccn3)CC2C1. The van der Waals surface area contributed by atoms with Crippen LogP contribution in [-0.2, 0) is 17.8 Å². The molecule has 0 bridgehead atoms. The van der Waals surface area contributed by atoms with Crippen molar-refractivity contribution in [3.63, 3.8) is 0 Å². The van der Waals surface area contributed by atoms with Crippen LogP contribution in [0.2, 0.25) is 0 Å². The molecule has 2 aliphatic rings. The van der Waals surface area contributed by atoms with Crippen molar-refractivity contribution in [2.24, 2.45) is 11.8 Å². The van der Waals surface area contributed by atoms with Crippen LogP contribution in [0.25, 0.3) is 0 Å². The van der Waals surface area contributed by atoms with Crippen molar-refractivity contribution >= 4 is 5.91 Å². The molecule has 2 aliphatic heterocycles. The van der Waals surface area contributed by atoms with Crippen LogP contribution >= 0.6 is 0 Å². The summed E-state index contributed by atoms with van der Waals surface area (Å²) in [5.74, 6) is 1.52. The highest BCUT2D eigenvalue weighted by atomic mass is 16.2. The number of hydrogen-bond acceptors (Lipinski definition) is 4. The molecule has 0 aliphatic carbocycles. The van der Waals surface area contributed by atoms with Crippen LogP contribution in [-0.4, -0.2) is 51.9 Å². The number of likely N-dealkylation sites (tertiary alicyclic amines) is 2. The number of amides is 1. The molecule has 2 unspecified atom stereocenters. The van der Waals surface area contributed by atoms with E-state index >= 15 is 0 Å². The van der Waals surface area contributed by atoms with Crippen LogP contribution in [0.5, 0.6) is 0 Å². The first-order valence-electron chi connectivity index (χ1n) is 9.07. The van der Waals surface area contributed by atoms with E-state index < -0.39 is 0 Å². The number of nitrogens with zero attached hydrogens (tertiary/aromatic N) is 4. The summed E-state index contributed by atoms with van der Waals surface area (Å²) in [6.45, 7) is 4.90. The summed E-state index contributed by atoms with van der Waals surface area (Å²) in [5, 5.41) is 0. The van der Waals surface area contributed by atoms with Gasteiger partial charge in [0, 0.05) is 57.7 Å². The van der Waals surface area contributed by atoms with E-state index in [1.807, 2.05) is 36.7 Å². The van der Waals surface area contributed by atoms with E-state index in [-0.39, 0.29) is 5.91 Å². The van der Waals surface area contributed by atoms with Gasteiger partial charge in [-0.1, -0.05) is 12.1 Å². The highest BCUT2D eigenvalue weighted by Gasteiger charge is 2.41. The standard InChI is InChI=1S/C20H24N4O/c25-20(7-6-16-4-3-8-21-10-16)24-13-17-11-23(12-18(17)14-24)15-19-5-1-2-9-22-19/h1-5,8-10,17-18H,6-7,11-15H2. The lowest BCUT2D eigenvalue weighted by molar-refractivity contribution is -0.130. The van der Waals surface area contributed by atoms with Crippen molar-refractivity contribution in [1.29, 1.82) is 0 Å². The zero-order chi connectivity index (χ0) is 17.1. The predicted octanol–water partition coefficient (Wildman–Crippen LogP) is 2.00.